The molecule has 2 aromatic carbocycles. The second kappa shape index (κ2) is 8.76. The SMILES string of the molecule is O=C(NCCc1cccc(F)c1)c1cc(S(=O)(=O)N2CCOCC2)ccc1F. The third kappa shape index (κ3) is 4.73. The van der Waals surface area contributed by atoms with E-state index in [4.69, 9.17) is 4.74 Å². The Morgan fingerprint density at radius 3 is 2.57 bits per heavy atom. The number of nitrogens with one attached hydrogen (secondary N) is 1. The van der Waals surface area contributed by atoms with Crippen molar-refractivity contribution in [3.8, 4) is 0 Å². The molecule has 0 radical (unpaired) electrons. The molecule has 3 rings (SSSR count). The fourth-order valence-electron chi connectivity index (χ4n) is 2.88. The van der Waals surface area contributed by atoms with Gasteiger partial charge in [0.2, 0.25) is 10.0 Å². The molecule has 28 heavy (non-hydrogen) atoms. The van der Waals surface area contributed by atoms with Gasteiger partial charge in [-0.05, 0) is 42.3 Å². The fraction of sp³-hybridized carbons (Fsp3) is 0.316. The second-order valence-corrected chi connectivity index (χ2v) is 8.23. The van der Waals surface area contributed by atoms with Crippen LogP contribution in [0.4, 0.5) is 8.78 Å². The van der Waals surface area contributed by atoms with E-state index in [1.807, 2.05) is 0 Å². The smallest absolute Gasteiger partial charge is 0.254 e. The Bertz CT molecular complexity index is 960. The van der Waals surface area contributed by atoms with E-state index in [2.05, 4.69) is 5.32 Å². The predicted molar refractivity (Wildman–Crippen MR) is 98.4 cm³/mol. The number of ether oxygens (including phenoxy) is 1. The van der Waals surface area contributed by atoms with Gasteiger partial charge >= 0.3 is 0 Å². The summed E-state index contributed by atoms with van der Waals surface area (Å²) in [4.78, 5) is 12.2. The maximum atomic E-state index is 14.1. The van der Waals surface area contributed by atoms with E-state index in [1.165, 1.54) is 16.4 Å². The molecule has 1 heterocycles. The van der Waals surface area contributed by atoms with Crippen LogP contribution >= 0.6 is 0 Å². The van der Waals surface area contributed by atoms with Crippen molar-refractivity contribution in [2.24, 2.45) is 0 Å². The summed E-state index contributed by atoms with van der Waals surface area (Å²) >= 11 is 0. The largest absolute Gasteiger partial charge is 0.379 e. The zero-order valence-corrected chi connectivity index (χ0v) is 15.8. The lowest BCUT2D eigenvalue weighted by atomic mass is 10.1. The van der Waals surface area contributed by atoms with Crippen molar-refractivity contribution in [1.82, 2.24) is 9.62 Å². The first-order chi connectivity index (χ1) is 13.4. The van der Waals surface area contributed by atoms with E-state index in [1.54, 1.807) is 12.1 Å². The lowest BCUT2D eigenvalue weighted by Gasteiger charge is -2.26. The van der Waals surface area contributed by atoms with Crippen molar-refractivity contribution in [3.63, 3.8) is 0 Å². The molecule has 1 N–H and O–H groups in total. The number of benzene rings is 2. The molecule has 0 atom stereocenters. The molecule has 1 aliphatic heterocycles. The van der Waals surface area contributed by atoms with E-state index >= 15 is 0 Å². The minimum absolute atomic E-state index is 0.147. The number of carbonyl (C=O) groups is 1. The van der Waals surface area contributed by atoms with Crippen molar-refractivity contribution in [3.05, 3.63) is 65.2 Å². The molecule has 0 unspecified atom stereocenters. The number of halogens is 2. The normalized spacial score (nSPS) is 15.4. The topological polar surface area (TPSA) is 75.7 Å². The van der Waals surface area contributed by atoms with Gasteiger partial charge in [0, 0.05) is 19.6 Å². The zero-order chi connectivity index (χ0) is 20.1. The minimum atomic E-state index is -3.84. The van der Waals surface area contributed by atoms with Crippen molar-refractivity contribution >= 4 is 15.9 Å². The average molecular weight is 410 g/mol. The molecule has 0 aromatic heterocycles. The van der Waals surface area contributed by atoms with Crippen molar-refractivity contribution in [2.75, 3.05) is 32.8 Å². The maximum Gasteiger partial charge on any atom is 0.254 e. The molecule has 9 heteroatoms. The van der Waals surface area contributed by atoms with Crippen LogP contribution in [0.2, 0.25) is 0 Å². The molecular formula is C19H20F2N2O4S. The Kier molecular flexibility index (Phi) is 6.38. The molecule has 1 fully saturated rings. The first-order valence-corrected chi connectivity index (χ1v) is 10.2. The quantitative estimate of drug-likeness (QED) is 0.790. The first kappa shape index (κ1) is 20.4. The van der Waals surface area contributed by atoms with Crippen LogP contribution in [0.1, 0.15) is 15.9 Å². The first-order valence-electron chi connectivity index (χ1n) is 8.78. The molecule has 1 amide bonds. The van der Waals surface area contributed by atoms with E-state index < -0.39 is 21.7 Å². The van der Waals surface area contributed by atoms with Gasteiger partial charge in [0.25, 0.3) is 5.91 Å². The van der Waals surface area contributed by atoms with E-state index in [-0.39, 0.29) is 49.1 Å². The van der Waals surface area contributed by atoms with Gasteiger partial charge in [-0.2, -0.15) is 4.31 Å². The highest BCUT2D eigenvalue weighted by atomic mass is 32.2. The van der Waals surface area contributed by atoms with E-state index in [0.29, 0.717) is 12.0 Å². The summed E-state index contributed by atoms with van der Waals surface area (Å²) in [5.74, 6) is -1.92. The highest BCUT2D eigenvalue weighted by Gasteiger charge is 2.27. The Morgan fingerprint density at radius 1 is 1.11 bits per heavy atom. The number of sulfonamides is 1. The van der Waals surface area contributed by atoms with Crippen LogP contribution in [0.15, 0.2) is 47.4 Å². The zero-order valence-electron chi connectivity index (χ0n) is 15.0. The van der Waals surface area contributed by atoms with E-state index in [9.17, 15) is 22.0 Å². The summed E-state index contributed by atoms with van der Waals surface area (Å²) in [6.45, 7) is 1.13. The van der Waals surface area contributed by atoms with Crippen LogP contribution < -0.4 is 5.32 Å². The molecule has 0 saturated carbocycles. The summed E-state index contributed by atoms with van der Waals surface area (Å²) in [5.41, 5.74) is 0.331. The van der Waals surface area contributed by atoms with Gasteiger partial charge in [0.1, 0.15) is 11.6 Å². The van der Waals surface area contributed by atoms with Gasteiger partial charge in [-0.1, -0.05) is 12.1 Å². The van der Waals surface area contributed by atoms with Crippen molar-refractivity contribution < 1.29 is 26.7 Å². The van der Waals surface area contributed by atoms with E-state index in [0.717, 1.165) is 18.2 Å². The molecular weight excluding hydrogens is 390 g/mol. The summed E-state index contributed by atoms with van der Waals surface area (Å²) in [6, 6.07) is 9.09. The highest BCUT2D eigenvalue weighted by Crippen LogP contribution is 2.20. The molecule has 150 valence electrons. The summed E-state index contributed by atoms with van der Waals surface area (Å²) in [6.07, 6.45) is 0.358. The molecule has 1 saturated heterocycles. The van der Waals surface area contributed by atoms with Crippen LogP contribution in [0.5, 0.6) is 0 Å². The van der Waals surface area contributed by atoms with Gasteiger partial charge in [0.15, 0.2) is 0 Å². The van der Waals surface area contributed by atoms with Gasteiger partial charge in [-0.25, -0.2) is 17.2 Å². The standard InChI is InChI=1S/C19H20F2N2O4S/c20-15-3-1-2-14(12-15)6-7-22-19(24)17-13-16(4-5-18(17)21)28(25,26)23-8-10-27-11-9-23/h1-5,12-13H,6-11H2,(H,22,24). The predicted octanol–water partition coefficient (Wildman–Crippen LogP) is 1.96. The van der Waals surface area contributed by atoms with Crippen LogP contribution in [0, 0.1) is 11.6 Å². The lowest BCUT2D eigenvalue weighted by Crippen LogP contribution is -2.40. The third-order valence-electron chi connectivity index (χ3n) is 4.38. The lowest BCUT2D eigenvalue weighted by molar-refractivity contribution is 0.0730. The summed E-state index contributed by atoms with van der Waals surface area (Å²) in [5, 5.41) is 2.54. The minimum Gasteiger partial charge on any atom is -0.379 e. The average Bonchev–Trinajstić information content (AvgIpc) is 2.69. The molecule has 1 aliphatic rings. The molecule has 0 bridgehead atoms. The van der Waals surface area contributed by atoms with Crippen molar-refractivity contribution in [1.29, 1.82) is 0 Å². The molecule has 0 spiro atoms. The number of carbonyl (C=O) groups excluding carboxylic acids is 1. The second-order valence-electron chi connectivity index (χ2n) is 6.29. The monoisotopic (exact) mass is 410 g/mol. The van der Waals surface area contributed by atoms with Crippen LogP contribution in [-0.4, -0.2) is 51.5 Å². The Balaban J connectivity index is 1.70. The van der Waals surface area contributed by atoms with Gasteiger partial charge < -0.3 is 10.1 Å². The molecule has 2 aromatic rings. The van der Waals surface area contributed by atoms with Crippen LogP contribution in [0.25, 0.3) is 0 Å². The number of hydrogen-bond donors (Lipinski definition) is 1. The number of morpholine rings is 1. The third-order valence-corrected chi connectivity index (χ3v) is 6.27. The number of rotatable bonds is 6. The summed E-state index contributed by atoms with van der Waals surface area (Å²) < 4.78 is 59.1. The van der Waals surface area contributed by atoms with Crippen LogP contribution in [-0.2, 0) is 21.2 Å². The number of amides is 1. The Labute approximate surface area is 162 Å². The van der Waals surface area contributed by atoms with Crippen LogP contribution in [0.3, 0.4) is 0 Å². The molecule has 0 aliphatic carbocycles. The maximum absolute atomic E-state index is 14.1. The van der Waals surface area contributed by atoms with Crippen molar-refractivity contribution in [2.45, 2.75) is 11.3 Å². The highest BCUT2D eigenvalue weighted by molar-refractivity contribution is 7.89. The Morgan fingerprint density at radius 2 is 1.86 bits per heavy atom. The Hall–Kier alpha value is -2.36. The van der Waals surface area contributed by atoms with Gasteiger partial charge in [0.05, 0.1) is 23.7 Å². The van der Waals surface area contributed by atoms with Gasteiger partial charge in [-0.3, -0.25) is 4.79 Å². The van der Waals surface area contributed by atoms with Gasteiger partial charge in [-0.15, -0.1) is 0 Å². The number of hydrogen-bond acceptors (Lipinski definition) is 4. The summed E-state index contributed by atoms with van der Waals surface area (Å²) in [7, 11) is -3.84. The molecule has 6 nitrogen and oxygen atoms in total. The fourth-order valence-corrected chi connectivity index (χ4v) is 4.32. The number of nitrogens with zero attached hydrogens (tertiary/aromatic N) is 1.